The second-order valence-electron chi connectivity index (χ2n) is 5.35. The van der Waals surface area contributed by atoms with Crippen LogP contribution in [0.5, 0.6) is 0 Å². The number of carbonyl (C=O) groups is 1. The Morgan fingerprint density at radius 3 is 2.53 bits per heavy atom. The first-order valence-corrected chi connectivity index (χ1v) is 6.83. The van der Waals surface area contributed by atoms with Crippen molar-refractivity contribution >= 4 is 11.6 Å². The van der Waals surface area contributed by atoms with E-state index in [0.717, 1.165) is 25.9 Å². The number of primary amides is 1. The van der Waals surface area contributed by atoms with E-state index in [1.54, 1.807) is 7.05 Å². The van der Waals surface area contributed by atoms with Crippen LogP contribution in [-0.4, -0.2) is 46.8 Å². The number of hydrogen-bond donors (Lipinski definition) is 2. The molecule has 19 heavy (non-hydrogen) atoms. The molecule has 3 N–H and O–H groups in total. The Morgan fingerprint density at radius 1 is 1.47 bits per heavy atom. The molecule has 106 valence electrons. The lowest BCUT2D eigenvalue weighted by Crippen LogP contribution is -2.39. The molecular formula is C13H23N5O. The van der Waals surface area contributed by atoms with Gasteiger partial charge < -0.3 is 16.0 Å². The fraction of sp³-hybridized carbons (Fsp3) is 0.692. The Balaban J connectivity index is 2.09. The lowest BCUT2D eigenvalue weighted by molar-refractivity contribution is 0.0994. The Hall–Kier alpha value is -1.56. The number of aromatic nitrogens is 2. The van der Waals surface area contributed by atoms with Gasteiger partial charge in [-0.15, -0.1) is 0 Å². The van der Waals surface area contributed by atoms with Crippen LogP contribution < -0.4 is 11.1 Å². The largest absolute Gasteiger partial charge is 0.385 e. The number of nitrogens with zero attached hydrogens (tertiary/aromatic N) is 3. The maximum atomic E-state index is 11.3. The van der Waals surface area contributed by atoms with Gasteiger partial charge in [0.15, 0.2) is 5.69 Å². The number of amides is 1. The van der Waals surface area contributed by atoms with Gasteiger partial charge >= 0.3 is 0 Å². The predicted octanol–water partition coefficient (Wildman–Crippen LogP) is 1.07. The first-order chi connectivity index (χ1) is 9.02. The van der Waals surface area contributed by atoms with Gasteiger partial charge in [0.1, 0.15) is 0 Å². The number of piperidine rings is 1. The Morgan fingerprint density at radius 2 is 2.11 bits per heavy atom. The lowest BCUT2D eigenvalue weighted by atomic mass is 10.0. The highest BCUT2D eigenvalue weighted by atomic mass is 16.1. The molecule has 1 aromatic heterocycles. The number of nitrogens with one attached hydrogen (secondary N) is 1. The monoisotopic (exact) mass is 265 g/mol. The van der Waals surface area contributed by atoms with Gasteiger partial charge in [0, 0.05) is 32.4 Å². The smallest absolute Gasteiger partial charge is 0.271 e. The van der Waals surface area contributed by atoms with Crippen LogP contribution in [-0.2, 0) is 0 Å². The van der Waals surface area contributed by atoms with E-state index in [9.17, 15) is 4.79 Å². The molecule has 2 heterocycles. The number of likely N-dealkylation sites (tertiary alicyclic amines) is 1. The van der Waals surface area contributed by atoms with E-state index in [1.807, 2.05) is 10.9 Å². The number of rotatable bonds is 4. The summed E-state index contributed by atoms with van der Waals surface area (Å²) >= 11 is 0. The van der Waals surface area contributed by atoms with Crippen molar-refractivity contribution in [3.05, 3.63) is 11.9 Å². The number of nitrogens with two attached hydrogens (primary N) is 1. The molecule has 0 radical (unpaired) electrons. The fourth-order valence-corrected chi connectivity index (χ4v) is 2.61. The number of anilines is 1. The van der Waals surface area contributed by atoms with Gasteiger partial charge in [0.25, 0.3) is 5.91 Å². The van der Waals surface area contributed by atoms with Crippen LogP contribution >= 0.6 is 0 Å². The molecule has 1 saturated heterocycles. The topological polar surface area (TPSA) is 76.2 Å². The number of carbonyl (C=O) groups excluding carboxylic acids is 1. The standard InChI is InChI=1S/C13H23N5O/c1-9(2)17-6-4-10(5-7-17)18-8-11(15-3)12(16-18)13(14)19/h8-10,15H,4-7H2,1-3H3,(H2,14,19). The van der Waals surface area contributed by atoms with Crippen LogP contribution in [0.15, 0.2) is 6.20 Å². The molecule has 1 amide bonds. The van der Waals surface area contributed by atoms with Crippen LogP contribution in [0.2, 0.25) is 0 Å². The van der Waals surface area contributed by atoms with Crippen molar-refractivity contribution in [3.8, 4) is 0 Å². The molecule has 1 aliphatic rings. The van der Waals surface area contributed by atoms with Crippen LogP contribution in [0.25, 0.3) is 0 Å². The zero-order valence-corrected chi connectivity index (χ0v) is 11.9. The molecule has 0 spiro atoms. The summed E-state index contributed by atoms with van der Waals surface area (Å²) in [4.78, 5) is 13.8. The highest BCUT2D eigenvalue weighted by Crippen LogP contribution is 2.25. The van der Waals surface area contributed by atoms with Gasteiger partial charge in [-0.3, -0.25) is 9.48 Å². The van der Waals surface area contributed by atoms with Crippen LogP contribution in [0.1, 0.15) is 43.2 Å². The van der Waals surface area contributed by atoms with Crippen LogP contribution in [0.4, 0.5) is 5.69 Å². The van der Waals surface area contributed by atoms with Gasteiger partial charge in [-0.1, -0.05) is 0 Å². The summed E-state index contributed by atoms with van der Waals surface area (Å²) in [6.45, 7) is 6.59. The summed E-state index contributed by atoms with van der Waals surface area (Å²) in [5.41, 5.74) is 6.37. The first kappa shape index (κ1) is 13.9. The number of hydrogen-bond acceptors (Lipinski definition) is 4. The first-order valence-electron chi connectivity index (χ1n) is 6.83. The average Bonchev–Trinajstić information content (AvgIpc) is 2.83. The van der Waals surface area contributed by atoms with Gasteiger partial charge in [-0.25, -0.2) is 0 Å². The molecule has 0 atom stereocenters. The van der Waals surface area contributed by atoms with E-state index in [-0.39, 0.29) is 0 Å². The minimum absolute atomic E-state index is 0.328. The van der Waals surface area contributed by atoms with Crippen LogP contribution in [0.3, 0.4) is 0 Å². The molecule has 2 rings (SSSR count). The summed E-state index contributed by atoms with van der Waals surface area (Å²) < 4.78 is 1.89. The van der Waals surface area contributed by atoms with Gasteiger partial charge in [0.05, 0.1) is 11.7 Å². The zero-order chi connectivity index (χ0) is 14.0. The maximum absolute atomic E-state index is 11.3. The third-order valence-corrected chi connectivity index (χ3v) is 3.84. The molecular weight excluding hydrogens is 242 g/mol. The third-order valence-electron chi connectivity index (χ3n) is 3.84. The summed E-state index contributed by atoms with van der Waals surface area (Å²) in [6, 6.07) is 0.947. The highest BCUT2D eigenvalue weighted by molar-refractivity contribution is 5.96. The molecule has 0 aromatic carbocycles. The SMILES string of the molecule is CNc1cn(C2CCN(C(C)C)CC2)nc1C(N)=O. The second-order valence-corrected chi connectivity index (χ2v) is 5.35. The maximum Gasteiger partial charge on any atom is 0.271 e. The highest BCUT2D eigenvalue weighted by Gasteiger charge is 2.24. The normalized spacial score (nSPS) is 17.9. The van der Waals surface area contributed by atoms with E-state index < -0.39 is 5.91 Å². The van der Waals surface area contributed by atoms with Gasteiger partial charge in [0.2, 0.25) is 0 Å². The molecule has 1 aliphatic heterocycles. The van der Waals surface area contributed by atoms with E-state index in [2.05, 4.69) is 29.2 Å². The van der Waals surface area contributed by atoms with Crippen molar-refractivity contribution < 1.29 is 4.79 Å². The zero-order valence-electron chi connectivity index (χ0n) is 11.9. The van der Waals surface area contributed by atoms with Gasteiger partial charge in [-0.2, -0.15) is 5.10 Å². The van der Waals surface area contributed by atoms with Crippen molar-refractivity contribution in [2.75, 3.05) is 25.5 Å². The van der Waals surface area contributed by atoms with E-state index in [4.69, 9.17) is 5.73 Å². The minimum atomic E-state index is -0.484. The Labute approximate surface area is 113 Å². The molecule has 6 nitrogen and oxygen atoms in total. The third kappa shape index (κ3) is 2.89. The van der Waals surface area contributed by atoms with Crippen molar-refractivity contribution in [1.29, 1.82) is 0 Å². The summed E-state index contributed by atoms with van der Waals surface area (Å²) in [7, 11) is 1.77. The Bertz CT molecular complexity index is 446. The van der Waals surface area contributed by atoms with E-state index in [0.29, 0.717) is 23.5 Å². The quantitative estimate of drug-likeness (QED) is 0.854. The van der Waals surface area contributed by atoms with Crippen molar-refractivity contribution in [2.24, 2.45) is 5.73 Å². The molecule has 0 unspecified atom stereocenters. The molecule has 0 saturated carbocycles. The predicted molar refractivity (Wildman–Crippen MR) is 75.3 cm³/mol. The molecule has 1 aromatic rings. The fourth-order valence-electron chi connectivity index (χ4n) is 2.61. The second kappa shape index (κ2) is 5.61. The van der Waals surface area contributed by atoms with Crippen molar-refractivity contribution in [2.45, 2.75) is 38.8 Å². The molecule has 6 heteroatoms. The minimum Gasteiger partial charge on any atom is -0.385 e. The molecule has 1 fully saturated rings. The molecule has 0 aliphatic carbocycles. The Kier molecular flexibility index (Phi) is 4.09. The van der Waals surface area contributed by atoms with E-state index in [1.165, 1.54) is 0 Å². The van der Waals surface area contributed by atoms with Crippen molar-refractivity contribution in [3.63, 3.8) is 0 Å². The molecule has 0 bridgehead atoms. The lowest BCUT2D eigenvalue weighted by Gasteiger charge is -2.34. The summed E-state index contributed by atoms with van der Waals surface area (Å²) in [5.74, 6) is -0.484. The summed E-state index contributed by atoms with van der Waals surface area (Å²) in [5, 5.41) is 7.30. The summed E-state index contributed by atoms with van der Waals surface area (Å²) in [6.07, 6.45) is 4.00. The van der Waals surface area contributed by atoms with Crippen LogP contribution in [0, 0.1) is 0 Å². The average molecular weight is 265 g/mol. The van der Waals surface area contributed by atoms with Crippen molar-refractivity contribution in [1.82, 2.24) is 14.7 Å². The van der Waals surface area contributed by atoms with E-state index >= 15 is 0 Å². The van der Waals surface area contributed by atoms with Gasteiger partial charge in [-0.05, 0) is 26.7 Å².